The van der Waals surface area contributed by atoms with Gasteiger partial charge in [0.25, 0.3) is 0 Å². The number of aliphatic carboxylic acids is 1. The van der Waals surface area contributed by atoms with Crippen molar-refractivity contribution in [3.8, 4) is 0 Å². The fraction of sp³-hybridized carbons (Fsp3) is 0.444. The van der Waals surface area contributed by atoms with E-state index in [1.807, 2.05) is 0 Å². The number of nitrogens with two attached hydrogens (primary N) is 1. The summed E-state index contributed by atoms with van der Waals surface area (Å²) in [5, 5.41) is 34.8. The van der Waals surface area contributed by atoms with Gasteiger partial charge in [0.05, 0.1) is 19.3 Å². The zero-order valence-electron chi connectivity index (χ0n) is 15.9. The summed E-state index contributed by atoms with van der Waals surface area (Å²) in [4.78, 5) is 47.7. The fourth-order valence-corrected chi connectivity index (χ4v) is 2.42. The molecule has 0 saturated carbocycles. The molecule has 0 aliphatic rings. The first-order valence-electron chi connectivity index (χ1n) is 8.85. The number of aliphatic hydroxyl groups is 2. The maximum atomic E-state index is 12.6. The second kappa shape index (κ2) is 11.7. The van der Waals surface area contributed by atoms with Crippen LogP contribution in [0.4, 0.5) is 0 Å². The minimum atomic E-state index is -1.58. The fourth-order valence-electron chi connectivity index (χ4n) is 2.42. The number of amides is 3. The van der Waals surface area contributed by atoms with Crippen LogP contribution in [0.25, 0.3) is 0 Å². The Morgan fingerprint density at radius 3 is 2.07 bits per heavy atom. The summed E-state index contributed by atoms with van der Waals surface area (Å²) in [5.41, 5.74) is 5.84. The van der Waals surface area contributed by atoms with Crippen LogP contribution in [0.2, 0.25) is 0 Å². The average molecular weight is 410 g/mol. The quantitative estimate of drug-likeness (QED) is 0.202. The largest absolute Gasteiger partial charge is 0.480 e. The van der Waals surface area contributed by atoms with Gasteiger partial charge in [0.2, 0.25) is 17.7 Å². The number of nitrogens with one attached hydrogen (secondary N) is 3. The molecule has 11 nitrogen and oxygen atoms in total. The molecule has 0 spiro atoms. The normalized spacial score (nSPS) is 14.8. The molecule has 1 aromatic carbocycles. The van der Waals surface area contributed by atoms with Crippen molar-refractivity contribution in [1.82, 2.24) is 16.0 Å². The highest BCUT2D eigenvalue weighted by atomic mass is 16.4. The molecule has 4 unspecified atom stereocenters. The number of carbonyl (C=O) groups excluding carboxylic acids is 3. The summed E-state index contributed by atoms with van der Waals surface area (Å²) in [5.74, 6) is -3.82. The van der Waals surface area contributed by atoms with Gasteiger partial charge < -0.3 is 37.0 Å². The molecule has 0 saturated heterocycles. The number of rotatable bonds is 11. The van der Waals surface area contributed by atoms with E-state index in [2.05, 4.69) is 16.0 Å². The summed E-state index contributed by atoms with van der Waals surface area (Å²) in [6, 6.07) is 4.46. The summed E-state index contributed by atoms with van der Waals surface area (Å²) in [6.07, 6.45) is -1.37. The lowest BCUT2D eigenvalue weighted by Gasteiger charge is -2.24. The molecule has 0 aliphatic carbocycles. The molecule has 0 bridgehead atoms. The van der Waals surface area contributed by atoms with E-state index in [1.54, 1.807) is 30.3 Å². The molecule has 8 N–H and O–H groups in total. The standard InChI is InChI=1S/C18H26N4O7/c1-10(24)15(18(28)29)22-16(26)12(7-11-5-3-2-4-6-11)21-17(27)13(9-23)20-14(25)8-19/h2-6,10,12-13,15,23-24H,7-9,19H2,1H3,(H,20,25)(H,21,27)(H,22,26)(H,28,29). The monoisotopic (exact) mass is 410 g/mol. The Balaban J connectivity index is 3.00. The van der Waals surface area contributed by atoms with Crippen LogP contribution in [0, 0.1) is 0 Å². The van der Waals surface area contributed by atoms with Crippen molar-refractivity contribution in [2.45, 2.75) is 37.6 Å². The van der Waals surface area contributed by atoms with Crippen molar-refractivity contribution in [3.05, 3.63) is 35.9 Å². The Morgan fingerprint density at radius 2 is 1.59 bits per heavy atom. The molecular weight excluding hydrogens is 384 g/mol. The average Bonchev–Trinajstić information content (AvgIpc) is 2.69. The predicted molar refractivity (Wildman–Crippen MR) is 101 cm³/mol. The van der Waals surface area contributed by atoms with E-state index in [0.717, 1.165) is 0 Å². The maximum Gasteiger partial charge on any atom is 0.328 e. The Morgan fingerprint density at radius 1 is 1.00 bits per heavy atom. The van der Waals surface area contributed by atoms with Gasteiger partial charge in [-0.2, -0.15) is 0 Å². The molecule has 1 rings (SSSR count). The molecule has 0 fully saturated rings. The summed E-state index contributed by atoms with van der Waals surface area (Å²) in [7, 11) is 0. The lowest BCUT2D eigenvalue weighted by atomic mass is 10.0. The van der Waals surface area contributed by atoms with Crippen LogP contribution in [0.5, 0.6) is 0 Å². The minimum Gasteiger partial charge on any atom is -0.480 e. The first-order valence-corrected chi connectivity index (χ1v) is 8.85. The Labute approximate surface area is 167 Å². The number of carboxylic acid groups (broad SMARTS) is 1. The zero-order valence-corrected chi connectivity index (χ0v) is 15.9. The number of carboxylic acids is 1. The molecule has 0 heterocycles. The van der Waals surface area contributed by atoms with Crippen LogP contribution < -0.4 is 21.7 Å². The summed E-state index contributed by atoms with van der Waals surface area (Å²) < 4.78 is 0. The van der Waals surface area contributed by atoms with E-state index < -0.39 is 61.1 Å². The van der Waals surface area contributed by atoms with Gasteiger partial charge in [-0.15, -0.1) is 0 Å². The van der Waals surface area contributed by atoms with Gasteiger partial charge in [-0.05, 0) is 12.5 Å². The summed E-state index contributed by atoms with van der Waals surface area (Å²) in [6.45, 7) is 0.0725. The van der Waals surface area contributed by atoms with Gasteiger partial charge in [-0.25, -0.2) is 4.79 Å². The van der Waals surface area contributed by atoms with E-state index in [9.17, 15) is 29.4 Å². The highest BCUT2D eigenvalue weighted by Crippen LogP contribution is 2.05. The van der Waals surface area contributed by atoms with Gasteiger partial charge in [-0.3, -0.25) is 14.4 Å². The van der Waals surface area contributed by atoms with Crippen molar-refractivity contribution < 1.29 is 34.5 Å². The van der Waals surface area contributed by atoms with Crippen molar-refractivity contribution >= 4 is 23.7 Å². The van der Waals surface area contributed by atoms with Crippen molar-refractivity contribution in [2.75, 3.05) is 13.2 Å². The second-order valence-corrected chi connectivity index (χ2v) is 6.32. The molecule has 4 atom stereocenters. The number of benzene rings is 1. The van der Waals surface area contributed by atoms with E-state index >= 15 is 0 Å². The third-order valence-corrected chi connectivity index (χ3v) is 3.98. The Kier molecular flexibility index (Phi) is 9.72. The van der Waals surface area contributed by atoms with E-state index in [1.165, 1.54) is 6.92 Å². The van der Waals surface area contributed by atoms with E-state index in [0.29, 0.717) is 5.56 Å². The molecule has 0 aromatic heterocycles. The van der Waals surface area contributed by atoms with Crippen LogP contribution in [0.15, 0.2) is 30.3 Å². The highest BCUT2D eigenvalue weighted by Gasteiger charge is 2.31. The van der Waals surface area contributed by atoms with Gasteiger partial charge >= 0.3 is 5.97 Å². The molecule has 0 radical (unpaired) electrons. The molecular formula is C18H26N4O7. The molecule has 29 heavy (non-hydrogen) atoms. The van der Waals surface area contributed by atoms with E-state index in [-0.39, 0.29) is 6.42 Å². The second-order valence-electron chi connectivity index (χ2n) is 6.32. The first kappa shape index (κ1) is 24.0. The smallest absolute Gasteiger partial charge is 0.328 e. The van der Waals surface area contributed by atoms with Gasteiger partial charge in [-0.1, -0.05) is 30.3 Å². The van der Waals surface area contributed by atoms with Gasteiger partial charge in [0.15, 0.2) is 6.04 Å². The molecule has 1 aromatic rings. The lowest BCUT2D eigenvalue weighted by Crippen LogP contribution is -2.58. The van der Waals surface area contributed by atoms with Gasteiger partial charge in [0.1, 0.15) is 12.1 Å². The molecule has 11 heteroatoms. The third kappa shape index (κ3) is 7.86. The highest BCUT2D eigenvalue weighted by molar-refractivity contribution is 5.93. The first-order chi connectivity index (χ1) is 13.7. The molecule has 3 amide bonds. The minimum absolute atomic E-state index is 0.00749. The Bertz CT molecular complexity index is 711. The summed E-state index contributed by atoms with van der Waals surface area (Å²) >= 11 is 0. The van der Waals surface area contributed by atoms with Gasteiger partial charge in [0, 0.05) is 6.42 Å². The van der Waals surface area contributed by atoms with Crippen molar-refractivity contribution in [2.24, 2.45) is 5.73 Å². The number of hydrogen-bond acceptors (Lipinski definition) is 7. The number of aliphatic hydroxyl groups excluding tert-OH is 2. The third-order valence-electron chi connectivity index (χ3n) is 3.98. The van der Waals surface area contributed by atoms with Crippen molar-refractivity contribution in [3.63, 3.8) is 0 Å². The maximum absolute atomic E-state index is 12.6. The van der Waals surface area contributed by atoms with Crippen molar-refractivity contribution in [1.29, 1.82) is 0 Å². The van der Waals surface area contributed by atoms with Crippen LogP contribution >= 0.6 is 0 Å². The topological polar surface area (TPSA) is 191 Å². The number of carbonyl (C=O) groups is 4. The Hall–Kier alpha value is -3.02. The van der Waals surface area contributed by atoms with Crippen LogP contribution in [-0.4, -0.2) is 76.4 Å². The number of hydrogen-bond donors (Lipinski definition) is 7. The zero-order chi connectivity index (χ0) is 22.0. The molecule has 0 aliphatic heterocycles. The lowest BCUT2D eigenvalue weighted by molar-refractivity contribution is -0.145. The van der Waals surface area contributed by atoms with Crippen LogP contribution in [0.3, 0.4) is 0 Å². The van der Waals surface area contributed by atoms with Crippen LogP contribution in [0.1, 0.15) is 12.5 Å². The predicted octanol–water partition coefficient (Wildman–Crippen LogP) is -2.90. The SMILES string of the molecule is CC(O)C(NC(=O)C(Cc1ccccc1)NC(=O)C(CO)NC(=O)CN)C(=O)O. The van der Waals surface area contributed by atoms with Crippen LogP contribution in [-0.2, 0) is 25.6 Å². The van der Waals surface area contributed by atoms with E-state index in [4.69, 9.17) is 10.8 Å². The molecule has 160 valence electrons.